The lowest BCUT2D eigenvalue weighted by Crippen LogP contribution is -2.41. The molecule has 1 aliphatic heterocycles. The van der Waals surface area contributed by atoms with Crippen molar-refractivity contribution in [2.75, 3.05) is 6.54 Å². The number of nitrogens with one attached hydrogen (secondary N) is 1. The predicted octanol–water partition coefficient (Wildman–Crippen LogP) is 3.19. The van der Waals surface area contributed by atoms with E-state index >= 15 is 0 Å². The van der Waals surface area contributed by atoms with Crippen molar-refractivity contribution in [3.63, 3.8) is 0 Å². The largest absolute Gasteiger partial charge is 0.507 e. The average Bonchev–Trinajstić information content (AvgIpc) is 3.28. The molecule has 0 fully saturated rings. The average molecular weight is 469 g/mol. The molecule has 0 spiro atoms. The van der Waals surface area contributed by atoms with Gasteiger partial charge in [0.1, 0.15) is 17.9 Å². The monoisotopic (exact) mass is 468 g/mol. The highest BCUT2D eigenvalue weighted by molar-refractivity contribution is 7.98. The van der Waals surface area contributed by atoms with Gasteiger partial charge in [-0.05, 0) is 16.7 Å². The molecule has 3 aliphatic rings. The Labute approximate surface area is 191 Å². The summed E-state index contributed by atoms with van der Waals surface area (Å²) in [7, 11) is 0. The van der Waals surface area contributed by atoms with Crippen LogP contribution in [-0.2, 0) is 16.3 Å². The zero-order valence-electron chi connectivity index (χ0n) is 16.6. The van der Waals surface area contributed by atoms with Gasteiger partial charge in [-0.1, -0.05) is 54.1 Å². The number of carboxylic acids is 1. The summed E-state index contributed by atoms with van der Waals surface area (Å²) >= 11 is 8.11. The third-order valence-electron chi connectivity index (χ3n) is 5.83. The van der Waals surface area contributed by atoms with Crippen LogP contribution >= 0.6 is 23.4 Å². The van der Waals surface area contributed by atoms with Gasteiger partial charge in [-0.3, -0.25) is 19.0 Å². The second-order valence-electron chi connectivity index (χ2n) is 7.59. The van der Waals surface area contributed by atoms with Crippen LogP contribution < -0.4 is 10.9 Å². The molecule has 0 saturated heterocycles. The molecule has 2 aromatic rings. The van der Waals surface area contributed by atoms with Crippen molar-refractivity contribution in [2.24, 2.45) is 0 Å². The van der Waals surface area contributed by atoms with Crippen LogP contribution in [0.3, 0.4) is 0 Å². The van der Waals surface area contributed by atoms with Crippen LogP contribution in [-0.4, -0.2) is 33.2 Å². The van der Waals surface area contributed by atoms with Crippen LogP contribution in [0.1, 0.15) is 33.2 Å². The fourth-order valence-electron chi connectivity index (χ4n) is 4.36. The van der Waals surface area contributed by atoms with Crippen molar-refractivity contribution in [3.8, 4) is 5.75 Å². The fourth-order valence-corrected chi connectivity index (χ4v) is 5.85. The van der Waals surface area contributed by atoms with Crippen LogP contribution in [0.5, 0.6) is 5.75 Å². The van der Waals surface area contributed by atoms with E-state index in [1.165, 1.54) is 16.3 Å². The van der Waals surface area contributed by atoms with Gasteiger partial charge in [0.2, 0.25) is 0 Å². The minimum Gasteiger partial charge on any atom is -0.507 e. The van der Waals surface area contributed by atoms with Crippen molar-refractivity contribution in [2.45, 2.75) is 17.5 Å². The van der Waals surface area contributed by atoms with Crippen molar-refractivity contribution in [1.29, 1.82) is 0 Å². The summed E-state index contributed by atoms with van der Waals surface area (Å²) in [5.74, 6) is -1.59. The topological polar surface area (TPSA) is 109 Å². The SMILES string of the molecule is O=C(O)CNC(=O)c1c(O)c2c(n(C3c4ccc(-c5ccccc5)c3c4Cl)c1=O)CSC2. The summed E-state index contributed by atoms with van der Waals surface area (Å²) in [6, 6.07) is 9.20. The molecule has 5 rings (SSSR count). The number of fused-ring (bicyclic) bond motifs is 3. The molecular weight excluding hydrogens is 452 g/mol. The standard InChI is InChI=1S/C23H17ClN2O5S/c24-19-13-7-6-12(11-4-2-1-3-5-11)17(19)20(13)26-15-10-32-9-14(15)21(29)18(23(26)31)22(30)25-8-16(27)28/h1-7,20,29H,8-10H2,(H,25,30)(H,27,28). The Hall–Kier alpha value is -3.23. The van der Waals surface area contributed by atoms with E-state index in [9.17, 15) is 19.5 Å². The molecule has 1 atom stereocenters. The van der Waals surface area contributed by atoms with E-state index in [-0.39, 0.29) is 5.75 Å². The highest BCUT2D eigenvalue weighted by atomic mass is 35.5. The summed E-state index contributed by atoms with van der Waals surface area (Å²) in [5, 5.41) is 22.3. The van der Waals surface area contributed by atoms with E-state index < -0.39 is 35.6 Å². The number of hydrogen-bond acceptors (Lipinski definition) is 5. The molecule has 2 aliphatic carbocycles. The summed E-state index contributed by atoms with van der Waals surface area (Å²) in [5.41, 5.74) is 3.47. The van der Waals surface area contributed by atoms with Gasteiger partial charge in [-0.2, -0.15) is 11.8 Å². The maximum Gasteiger partial charge on any atom is 0.322 e. The van der Waals surface area contributed by atoms with Gasteiger partial charge in [0, 0.05) is 28.3 Å². The number of thioether (sulfide) groups is 1. The van der Waals surface area contributed by atoms with Crippen molar-refractivity contribution >= 4 is 40.8 Å². The van der Waals surface area contributed by atoms with E-state index in [4.69, 9.17) is 16.7 Å². The summed E-state index contributed by atoms with van der Waals surface area (Å²) in [6.07, 6.45) is 3.84. The number of carboxylic acid groups (broad SMARTS) is 1. The summed E-state index contributed by atoms with van der Waals surface area (Å²) in [6.45, 7) is -0.657. The number of carbonyl (C=O) groups is 2. The number of halogens is 1. The van der Waals surface area contributed by atoms with E-state index in [2.05, 4.69) is 5.32 Å². The molecule has 162 valence electrons. The lowest BCUT2D eigenvalue weighted by Gasteiger charge is -2.40. The third-order valence-corrected chi connectivity index (χ3v) is 7.22. The molecule has 2 heterocycles. The molecule has 1 aromatic heterocycles. The Morgan fingerprint density at radius 1 is 1.19 bits per heavy atom. The van der Waals surface area contributed by atoms with Gasteiger partial charge in [-0.25, -0.2) is 0 Å². The van der Waals surface area contributed by atoms with Crippen LogP contribution in [0.4, 0.5) is 0 Å². The Balaban J connectivity index is 1.65. The maximum absolute atomic E-state index is 13.5. The molecule has 1 unspecified atom stereocenters. The van der Waals surface area contributed by atoms with E-state index in [0.29, 0.717) is 27.8 Å². The van der Waals surface area contributed by atoms with E-state index in [0.717, 1.165) is 22.3 Å². The lowest BCUT2D eigenvalue weighted by molar-refractivity contribution is -0.135. The smallest absolute Gasteiger partial charge is 0.322 e. The predicted molar refractivity (Wildman–Crippen MR) is 122 cm³/mol. The number of aromatic nitrogens is 1. The van der Waals surface area contributed by atoms with Crippen molar-refractivity contribution < 1.29 is 19.8 Å². The lowest BCUT2D eigenvalue weighted by atomic mass is 9.74. The number of rotatable bonds is 5. The van der Waals surface area contributed by atoms with E-state index in [1.807, 2.05) is 42.5 Å². The van der Waals surface area contributed by atoms with Gasteiger partial charge in [0.15, 0.2) is 0 Å². The number of pyridine rings is 1. The molecule has 1 amide bonds. The molecule has 32 heavy (non-hydrogen) atoms. The molecule has 3 N–H and O–H groups in total. The summed E-state index contributed by atoms with van der Waals surface area (Å²) < 4.78 is 1.54. The number of hydrogen-bond donors (Lipinski definition) is 3. The highest BCUT2D eigenvalue weighted by Crippen LogP contribution is 2.55. The van der Waals surface area contributed by atoms with E-state index in [1.54, 1.807) is 0 Å². The number of aliphatic carboxylic acids is 1. The quantitative estimate of drug-likeness (QED) is 0.622. The van der Waals surface area contributed by atoms with Crippen LogP contribution in [0.25, 0.3) is 5.57 Å². The van der Waals surface area contributed by atoms with Crippen molar-refractivity contribution in [3.05, 3.63) is 91.4 Å². The first-order chi connectivity index (χ1) is 15.4. The Bertz CT molecular complexity index is 1340. The molecule has 1 aromatic carbocycles. The van der Waals surface area contributed by atoms with Gasteiger partial charge in [0.05, 0.1) is 11.1 Å². The Morgan fingerprint density at radius 3 is 2.62 bits per heavy atom. The van der Waals surface area contributed by atoms with Crippen LogP contribution in [0, 0.1) is 0 Å². The van der Waals surface area contributed by atoms with Crippen LogP contribution in [0.15, 0.2) is 63.5 Å². The minimum absolute atomic E-state index is 0.383. The normalized spacial score (nSPS) is 18.5. The van der Waals surface area contributed by atoms with Crippen LogP contribution in [0.2, 0.25) is 0 Å². The van der Waals surface area contributed by atoms with Gasteiger partial charge >= 0.3 is 5.97 Å². The zero-order chi connectivity index (χ0) is 22.6. The van der Waals surface area contributed by atoms with Crippen molar-refractivity contribution in [1.82, 2.24) is 9.88 Å². The maximum atomic E-state index is 13.5. The zero-order valence-corrected chi connectivity index (χ0v) is 18.2. The Morgan fingerprint density at radius 2 is 1.94 bits per heavy atom. The number of benzene rings is 1. The number of allylic oxidation sites excluding steroid dienone is 6. The molecule has 2 bridgehead atoms. The number of nitrogens with zero attached hydrogens (tertiary/aromatic N) is 1. The molecule has 7 nitrogen and oxygen atoms in total. The molecule has 9 heteroatoms. The fraction of sp³-hybridized carbons (Fsp3) is 0.174. The molecular formula is C23H17ClN2O5S. The van der Waals surface area contributed by atoms with Gasteiger partial charge < -0.3 is 15.5 Å². The highest BCUT2D eigenvalue weighted by Gasteiger charge is 2.43. The van der Waals surface area contributed by atoms with Gasteiger partial charge in [-0.15, -0.1) is 0 Å². The first kappa shape index (κ1) is 20.7. The molecule has 0 radical (unpaired) electrons. The van der Waals surface area contributed by atoms with Gasteiger partial charge in [0.25, 0.3) is 11.5 Å². The first-order valence-corrected chi connectivity index (χ1v) is 11.4. The summed E-state index contributed by atoms with van der Waals surface area (Å²) in [4.78, 5) is 37.0. The second kappa shape index (κ2) is 7.72. The first-order valence-electron chi connectivity index (χ1n) is 9.84. The minimum atomic E-state index is -1.25. The molecule has 0 saturated carbocycles. The Kier molecular flexibility index (Phi) is 4.98. The number of carbonyl (C=O) groups excluding carboxylic acids is 1. The third kappa shape index (κ3) is 3.02. The number of amides is 1. The second-order valence-corrected chi connectivity index (χ2v) is 8.96. The number of aromatic hydroxyl groups is 1.